The summed E-state index contributed by atoms with van der Waals surface area (Å²) < 4.78 is 25.4. The summed E-state index contributed by atoms with van der Waals surface area (Å²) in [5.74, 6) is 0.405. The predicted octanol–water partition coefficient (Wildman–Crippen LogP) is 4.16. The normalized spacial score (nSPS) is 15.0. The maximum Gasteiger partial charge on any atom is 0.228 e. The molecule has 0 spiro atoms. The van der Waals surface area contributed by atoms with E-state index in [1.54, 1.807) is 17.4 Å². The minimum absolute atomic E-state index is 0.0232. The molecule has 1 aliphatic heterocycles. The van der Waals surface area contributed by atoms with Crippen LogP contribution in [0.4, 0.5) is 4.39 Å². The van der Waals surface area contributed by atoms with Crippen LogP contribution in [0.2, 0.25) is 0 Å². The van der Waals surface area contributed by atoms with Gasteiger partial charge in [0, 0.05) is 30.5 Å². The van der Waals surface area contributed by atoms with Crippen molar-refractivity contribution >= 4 is 17.2 Å². The van der Waals surface area contributed by atoms with E-state index < -0.39 is 0 Å². The highest BCUT2D eigenvalue weighted by atomic mass is 32.1. The van der Waals surface area contributed by atoms with Crippen molar-refractivity contribution in [1.82, 2.24) is 9.88 Å². The van der Waals surface area contributed by atoms with Crippen LogP contribution in [0, 0.1) is 12.7 Å². The lowest BCUT2D eigenvalue weighted by atomic mass is 10.0. The summed E-state index contributed by atoms with van der Waals surface area (Å²) in [5.41, 5.74) is 3.66. The zero-order valence-corrected chi connectivity index (χ0v) is 18.3. The van der Waals surface area contributed by atoms with Gasteiger partial charge < -0.3 is 14.4 Å². The number of thiazole rings is 1. The zero-order chi connectivity index (χ0) is 21.6. The van der Waals surface area contributed by atoms with Gasteiger partial charge in [0.05, 0.1) is 30.3 Å². The molecule has 3 aromatic rings. The Morgan fingerprint density at radius 2 is 2.03 bits per heavy atom. The van der Waals surface area contributed by atoms with E-state index in [4.69, 9.17) is 9.47 Å². The third-order valence-electron chi connectivity index (χ3n) is 5.12. The molecule has 0 saturated carbocycles. The van der Waals surface area contributed by atoms with Crippen molar-refractivity contribution in [3.05, 3.63) is 81.1 Å². The summed E-state index contributed by atoms with van der Waals surface area (Å²) in [6.07, 6.45) is 0.827. The molecular weight excluding hydrogens is 415 g/mol. The molecule has 0 aliphatic carbocycles. The van der Waals surface area contributed by atoms with Gasteiger partial charge in [-0.3, -0.25) is 4.79 Å². The lowest BCUT2D eigenvalue weighted by Crippen LogP contribution is -2.35. The average Bonchev–Trinajstić information content (AvgIpc) is 3.15. The number of benzene rings is 2. The summed E-state index contributed by atoms with van der Waals surface area (Å²) in [6.45, 7) is 4.10. The van der Waals surface area contributed by atoms with Crippen LogP contribution in [0.25, 0.3) is 0 Å². The first-order valence-corrected chi connectivity index (χ1v) is 11.2. The quantitative estimate of drug-likeness (QED) is 0.601. The van der Waals surface area contributed by atoms with Gasteiger partial charge in [-0.15, -0.1) is 11.3 Å². The first-order valence-electron chi connectivity index (χ1n) is 10.3. The molecule has 31 heavy (non-hydrogen) atoms. The number of halogens is 1. The summed E-state index contributed by atoms with van der Waals surface area (Å²) in [6, 6.07) is 12.6. The molecule has 2 bridgehead atoms. The highest BCUT2D eigenvalue weighted by molar-refractivity contribution is 7.09. The minimum Gasteiger partial charge on any atom is -0.491 e. The smallest absolute Gasteiger partial charge is 0.228 e. The molecule has 1 aromatic heterocycles. The van der Waals surface area contributed by atoms with Crippen molar-refractivity contribution in [2.24, 2.45) is 0 Å². The van der Waals surface area contributed by atoms with Crippen LogP contribution < -0.4 is 4.74 Å². The van der Waals surface area contributed by atoms with Crippen LogP contribution >= 0.6 is 11.3 Å². The van der Waals surface area contributed by atoms with Gasteiger partial charge in [-0.25, -0.2) is 9.37 Å². The Hall–Kier alpha value is -2.77. The van der Waals surface area contributed by atoms with E-state index in [-0.39, 0.29) is 18.1 Å². The van der Waals surface area contributed by atoms with Gasteiger partial charge >= 0.3 is 0 Å². The maximum absolute atomic E-state index is 13.8. The standard InChI is InChI=1S/C24H25FN2O3S/c1-17-26-22(16-31-17)14-24(28)27-7-8-29-9-10-30-23-6-5-21(25)13-20(23)12-18-3-2-4-19(11-18)15-27/h2-6,11,13,16H,7-10,12,14-15H2,1H3. The van der Waals surface area contributed by atoms with Gasteiger partial charge in [0.2, 0.25) is 5.91 Å². The fourth-order valence-electron chi connectivity index (χ4n) is 3.64. The van der Waals surface area contributed by atoms with Gasteiger partial charge in [0.15, 0.2) is 0 Å². The van der Waals surface area contributed by atoms with E-state index >= 15 is 0 Å². The third kappa shape index (κ3) is 5.89. The summed E-state index contributed by atoms with van der Waals surface area (Å²) in [5, 5.41) is 2.89. The molecule has 162 valence electrons. The molecule has 4 rings (SSSR count). The SMILES string of the molecule is Cc1nc(CC(=O)N2CCOCCOc3ccc(F)cc3Cc3cccc(c3)C2)cs1. The van der Waals surface area contributed by atoms with Crippen LogP contribution in [0.3, 0.4) is 0 Å². The van der Waals surface area contributed by atoms with Gasteiger partial charge in [0.25, 0.3) is 0 Å². The van der Waals surface area contributed by atoms with Crippen molar-refractivity contribution in [2.45, 2.75) is 26.3 Å². The molecule has 2 aromatic carbocycles. The number of aryl methyl sites for hydroxylation is 1. The molecule has 1 aliphatic rings. The molecule has 5 nitrogen and oxygen atoms in total. The average molecular weight is 441 g/mol. The molecule has 0 N–H and O–H groups in total. The van der Waals surface area contributed by atoms with Crippen molar-refractivity contribution in [1.29, 1.82) is 0 Å². The van der Waals surface area contributed by atoms with E-state index in [9.17, 15) is 9.18 Å². The Bertz CT molecular complexity index is 1050. The molecule has 1 amide bonds. The van der Waals surface area contributed by atoms with Gasteiger partial charge in [-0.1, -0.05) is 24.3 Å². The number of hydrogen-bond donors (Lipinski definition) is 0. The Labute approximate surface area is 185 Å². The van der Waals surface area contributed by atoms with Crippen LogP contribution in [0.1, 0.15) is 27.4 Å². The van der Waals surface area contributed by atoms with Crippen molar-refractivity contribution in [3.8, 4) is 5.75 Å². The molecule has 0 unspecified atom stereocenters. The van der Waals surface area contributed by atoms with Crippen molar-refractivity contribution < 1.29 is 18.7 Å². The second kappa shape index (κ2) is 10.0. The monoisotopic (exact) mass is 440 g/mol. The lowest BCUT2D eigenvalue weighted by molar-refractivity contribution is -0.132. The van der Waals surface area contributed by atoms with Gasteiger partial charge in [-0.05, 0) is 36.2 Å². The highest BCUT2D eigenvalue weighted by Gasteiger charge is 2.17. The van der Waals surface area contributed by atoms with E-state index in [1.165, 1.54) is 12.1 Å². The second-order valence-electron chi connectivity index (χ2n) is 7.56. The predicted molar refractivity (Wildman–Crippen MR) is 118 cm³/mol. The number of fused-ring (bicyclic) bond motifs is 3. The first-order chi connectivity index (χ1) is 15.1. The topological polar surface area (TPSA) is 51.7 Å². The molecule has 0 saturated heterocycles. The number of carbonyl (C=O) groups excluding carboxylic acids is 1. The summed E-state index contributed by atoms with van der Waals surface area (Å²) in [7, 11) is 0. The molecule has 7 heteroatoms. The van der Waals surface area contributed by atoms with Crippen molar-refractivity contribution in [3.63, 3.8) is 0 Å². The molecule has 0 atom stereocenters. The maximum atomic E-state index is 13.8. The zero-order valence-electron chi connectivity index (χ0n) is 17.5. The number of nitrogens with zero attached hydrogens (tertiary/aromatic N) is 2. The largest absolute Gasteiger partial charge is 0.491 e. The number of rotatable bonds is 2. The Morgan fingerprint density at radius 1 is 1.16 bits per heavy atom. The number of ether oxygens (including phenoxy) is 2. The van der Waals surface area contributed by atoms with Crippen LogP contribution in [0.15, 0.2) is 47.8 Å². The minimum atomic E-state index is -0.287. The molecule has 2 heterocycles. The Morgan fingerprint density at radius 3 is 2.87 bits per heavy atom. The van der Waals surface area contributed by atoms with E-state index in [1.807, 2.05) is 35.4 Å². The number of aromatic nitrogens is 1. The first kappa shape index (κ1) is 21.5. The van der Waals surface area contributed by atoms with Crippen molar-refractivity contribution in [2.75, 3.05) is 26.4 Å². The number of carbonyl (C=O) groups is 1. The van der Waals surface area contributed by atoms with Crippen LogP contribution in [-0.2, 0) is 28.9 Å². The third-order valence-corrected chi connectivity index (χ3v) is 5.95. The van der Waals surface area contributed by atoms with E-state index in [0.717, 1.165) is 27.4 Å². The molecular formula is C24H25FN2O3S. The lowest BCUT2D eigenvalue weighted by Gasteiger charge is -2.23. The molecule has 0 fully saturated rings. The number of hydrogen-bond acceptors (Lipinski definition) is 5. The summed E-state index contributed by atoms with van der Waals surface area (Å²) >= 11 is 1.55. The summed E-state index contributed by atoms with van der Waals surface area (Å²) in [4.78, 5) is 19.2. The van der Waals surface area contributed by atoms with E-state index in [0.29, 0.717) is 45.1 Å². The van der Waals surface area contributed by atoms with Gasteiger partial charge in [0.1, 0.15) is 18.2 Å². The Kier molecular flexibility index (Phi) is 6.94. The second-order valence-corrected chi connectivity index (χ2v) is 8.62. The van der Waals surface area contributed by atoms with Crippen LogP contribution in [0.5, 0.6) is 5.75 Å². The highest BCUT2D eigenvalue weighted by Crippen LogP contribution is 2.24. The fourth-order valence-corrected chi connectivity index (χ4v) is 4.25. The number of amides is 1. The van der Waals surface area contributed by atoms with Crippen LogP contribution in [-0.4, -0.2) is 42.2 Å². The Balaban J connectivity index is 1.56. The van der Waals surface area contributed by atoms with Gasteiger partial charge in [-0.2, -0.15) is 0 Å². The molecule has 0 radical (unpaired) electrons. The fraction of sp³-hybridized carbons (Fsp3) is 0.333. The van der Waals surface area contributed by atoms with E-state index in [2.05, 4.69) is 11.1 Å².